The number of nitrogens with one attached hydrogen (secondary N) is 1. The van der Waals surface area contributed by atoms with Gasteiger partial charge in [0.15, 0.2) is 0 Å². The van der Waals surface area contributed by atoms with Crippen molar-refractivity contribution in [2.75, 3.05) is 25.4 Å². The van der Waals surface area contributed by atoms with E-state index in [9.17, 15) is 4.79 Å². The van der Waals surface area contributed by atoms with Gasteiger partial charge in [-0.05, 0) is 50.0 Å². The van der Waals surface area contributed by atoms with Crippen molar-refractivity contribution >= 4 is 11.6 Å². The second-order valence-corrected chi connectivity index (χ2v) is 5.34. The van der Waals surface area contributed by atoms with Crippen molar-refractivity contribution in [3.63, 3.8) is 0 Å². The minimum absolute atomic E-state index is 0.000972. The van der Waals surface area contributed by atoms with Crippen LogP contribution in [0.3, 0.4) is 0 Å². The Labute approximate surface area is 107 Å². The highest BCUT2D eigenvalue weighted by molar-refractivity contribution is 5.95. The normalized spacial score (nSPS) is 30.1. The van der Waals surface area contributed by atoms with Gasteiger partial charge in [-0.15, -0.1) is 0 Å². The first-order valence-corrected chi connectivity index (χ1v) is 6.61. The second kappa shape index (κ2) is 4.61. The number of amides is 1. The molecule has 0 aromatic heterocycles. The van der Waals surface area contributed by atoms with Gasteiger partial charge in [0, 0.05) is 23.8 Å². The zero-order chi connectivity index (χ0) is 12.5. The summed E-state index contributed by atoms with van der Waals surface area (Å²) in [6.07, 6.45) is 2.42. The van der Waals surface area contributed by atoms with Crippen LogP contribution in [0.15, 0.2) is 24.3 Å². The fourth-order valence-corrected chi connectivity index (χ4v) is 3.06. The lowest BCUT2D eigenvalue weighted by Gasteiger charge is -2.44. The predicted octanol–water partition coefficient (Wildman–Crippen LogP) is 1.09. The highest BCUT2D eigenvalue weighted by atomic mass is 16.1. The van der Waals surface area contributed by atoms with Crippen molar-refractivity contribution in [3.8, 4) is 0 Å². The average molecular weight is 245 g/mol. The Morgan fingerprint density at radius 1 is 1.33 bits per heavy atom. The molecule has 4 nitrogen and oxygen atoms in total. The number of nitrogens with zero attached hydrogens (tertiary/aromatic N) is 1. The van der Waals surface area contributed by atoms with Gasteiger partial charge < -0.3 is 16.0 Å². The number of rotatable bonds is 2. The number of carbonyl (C=O) groups excluding carboxylic acids is 1. The molecular weight excluding hydrogens is 226 g/mol. The summed E-state index contributed by atoms with van der Waals surface area (Å²) >= 11 is 0. The number of benzene rings is 1. The van der Waals surface area contributed by atoms with E-state index in [-0.39, 0.29) is 5.91 Å². The van der Waals surface area contributed by atoms with Gasteiger partial charge in [-0.25, -0.2) is 0 Å². The Morgan fingerprint density at radius 2 is 2.11 bits per heavy atom. The van der Waals surface area contributed by atoms with Gasteiger partial charge in [-0.1, -0.05) is 6.07 Å². The smallest absolute Gasteiger partial charge is 0.251 e. The molecule has 3 aliphatic heterocycles. The molecule has 3 N–H and O–H groups in total. The lowest BCUT2D eigenvalue weighted by atomic mass is 9.84. The molecule has 96 valence electrons. The molecule has 2 bridgehead atoms. The maximum absolute atomic E-state index is 12.2. The van der Waals surface area contributed by atoms with Crippen LogP contribution in [0, 0.1) is 5.92 Å². The standard InChI is InChI=1S/C14H19N3O/c15-12-3-1-2-11(8-12)14(18)16-13-9-17-6-4-10(13)5-7-17/h1-3,8,10,13H,4-7,9,15H2,(H,16,18). The summed E-state index contributed by atoms with van der Waals surface area (Å²) in [5.41, 5.74) is 7.00. The van der Waals surface area contributed by atoms with Crippen LogP contribution in [0.25, 0.3) is 0 Å². The summed E-state index contributed by atoms with van der Waals surface area (Å²) in [6, 6.07) is 7.47. The summed E-state index contributed by atoms with van der Waals surface area (Å²) < 4.78 is 0. The summed E-state index contributed by atoms with van der Waals surface area (Å²) in [5, 5.41) is 3.16. The number of fused-ring (bicyclic) bond motifs is 3. The van der Waals surface area contributed by atoms with Crippen LogP contribution in [-0.4, -0.2) is 36.5 Å². The highest BCUT2D eigenvalue weighted by Gasteiger charge is 2.34. The van der Waals surface area contributed by atoms with Crippen LogP contribution in [0.2, 0.25) is 0 Å². The van der Waals surface area contributed by atoms with E-state index in [0.717, 1.165) is 6.54 Å². The van der Waals surface area contributed by atoms with Crippen molar-refractivity contribution < 1.29 is 4.79 Å². The summed E-state index contributed by atoms with van der Waals surface area (Å²) in [5.74, 6) is 0.654. The molecule has 4 rings (SSSR count). The molecule has 3 fully saturated rings. The number of piperidine rings is 3. The van der Waals surface area contributed by atoms with E-state index in [1.807, 2.05) is 12.1 Å². The third-order valence-electron chi connectivity index (χ3n) is 4.12. The highest BCUT2D eigenvalue weighted by Crippen LogP contribution is 2.27. The quantitative estimate of drug-likeness (QED) is 0.767. The maximum Gasteiger partial charge on any atom is 0.251 e. The molecule has 0 radical (unpaired) electrons. The Hall–Kier alpha value is -1.55. The van der Waals surface area contributed by atoms with Crippen LogP contribution >= 0.6 is 0 Å². The summed E-state index contributed by atoms with van der Waals surface area (Å²) in [4.78, 5) is 14.6. The molecule has 0 spiro atoms. The number of carbonyl (C=O) groups is 1. The average Bonchev–Trinajstić information content (AvgIpc) is 2.40. The third-order valence-corrected chi connectivity index (χ3v) is 4.12. The van der Waals surface area contributed by atoms with Gasteiger partial charge in [0.25, 0.3) is 5.91 Å². The Balaban J connectivity index is 1.68. The van der Waals surface area contributed by atoms with Gasteiger partial charge in [-0.3, -0.25) is 4.79 Å². The molecule has 0 aliphatic carbocycles. The van der Waals surface area contributed by atoms with Crippen molar-refractivity contribution in [1.82, 2.24) is 10.2 Å². The second-order valence-electron chi connectivity index (χ2n) is 5.34. The van der Waals surface area contributed by atoms with E-state index in [0.29, 0.717) is 23.2 Å². The SMILES string of the molecule is Nc1cccc(C(=O)NC2CN3CCC2CC3)c1. The first-order chi connectivity index (χ1) is 8.72. The lowest BCUT2D eigenvalue weighted by molar-refractivity contribution is 0.0620. The zero-order valence-electron chi connectivity index (χ0n) is 10.4. The van der Waals surface area contributed by atoms with Crippen LogP contribution in [0.4, 0.5) is 5.69 Å². The molecule has 3 saturated heterocycles. The number of nitrogens with two attached hydrogens (primary N) is 1. The van der Waals surface area contributed by atoms with Crippen molar-refractivity contribution in [1.29, 1.82) is 0 Å². The van der Waals surface area contributed by atoms with Crippen molar-refractivity contribution in [3.05, 3.63) is 29.8 Å². The zero-order valence-corrected chi connectivity index (χ0v) is 10.4. The minimum Gasteiger partial charge on any atom is -0.399 e. The summed E-state index contributed by atoms with van der Waals surface area (Å²) in [6.45, 7) is 3.38. The van der Waals surface area contributed by atoms with E-state index in [1.165, 1.54) is 25.9 Å². The largest absolute Gasteiger partial charge is 0.399 e. The molecule has 18 heavy (non-hydrogen) atoms. The molecule has 1 amide bonds. The third kappa shape index (κ3) is 2.20. The molecule has 1 atom stereocenters. The van der Waals surface area contributed by atoms with Crippen molar-refractivity contribution in [2.24, 2.45) is 5.92 Å². The number of hydrogen-bond donors (Lipinski definition) is 2. The molecule has 3 aliphatic rings. The van der Waals surface area contributed by atoms with Gasteiger partial charge in [-0.2, -0.15) is 0 Å². The minimum atomic E-state index is 0.000972. The number of anilines is 1. The van der Waals surface area contributed by atoms with E-state index in [1.54, 1.807) is 12.1 Å². The molecular formula is C14H19N3O. The summed E-state index contributed by atoms with van der Waals surface area (Å²) in [7, 11) is 0. The fourth-order valence-electron chi connectivity index (χ4n) is 3.06. The van der Waals surface area contributed by atoms with Crippen LogP contribution < -0.4 is 11.1 Å². The van der Waals surface area contributed by atoms with E-state index in [2.05, 4.69) is 10.2 Å². The Kier molecular flexibility index (Phi) is 2.96. The first kappa shape index (κ1) is 11.5. The van der Waals surface area contributed by atoms with E-state index < -0.39 is 0 Å². The first-order valence-electron chi connectivity index (χ1n) is 6.61. The van der Waals surface area contributed by atoms with Gasteiger partial charge in [0.05, 0.1) is 0 Å². The fraction of sp³-hybridized carbons (Fsp3) is 0.500. The van der Waals surface area contributed by atoms with Crippen LogP contribution in [0.5, 0.6) is 0 Å². The molecule has 1 aromatic rings. The van der Waals surface area contributed by atoms with Crippen LogP contribution in [0.1, 0.15) is 23.2 Å². The molecule has 3 heterocycles. The predicted molar refractivity (Wildman–Crippen MR) is 71.3 cm³/mol. The van der Waals surface area contributed by atoms with E-state index >= 15 is 0 Å². The van der Waals surface area contributed by atoms with Crippen LogP contribution in [-0.2, 0) is 0 Å². The Morgan fingerprint density at radius 3 is 2.72 bits per heavy atom. The topological polar surface area (TPSA) is 58.4 Å². The Bertz CT molecular complexity index is 452. The molecule has 4 heteroatoms. The monoisotopic (exact) mass is 245 g/mol. The van der Waals surface area contributed by atoms with Gasteiger partial charge >= 0.3 is 0 Å². The maximum atomic E-state index is 12.2. The lowest BCUT2D eigenvalue weighted by Crippen LogP contribution is -2.57. The number of nitrogen functional groups attached to an aromatic ring is 1. The van der Waals surface area contributed by atoms with Gasteiger partial charge in [0.2, 0.25) is 0 Å². The van der Waals surface area contributed by atoms with Gasteiger partial charge in [0.1, 0.15) is 0 Å². The molecule has 1 unspecified atom stereocenters. The van der Waals surface area contributed by atoms with Crippen molar-refractivity contribution in [2.45, 2.75) is 18.9 Å². The van der Waals surface area contributed by atoms with E-state index in [4.69, 9.17) is 5.73 Å². The molecule has 0 saturated carbocycles. The number of hydrogen-bond acceptors (Lipinski definition) is 3. The molecule has 1 aromatic carbocycles.